The molecule has 2 N–H and O–H groups in total. The van der Waals surface area contributed by atoms with Crippen LogP contribution >= 0.6 is 45.2 Å². The molecule has 1 amide bonds. The van der Waals surface area contributed by atoms with Crippen molar-refractivity contribution in [2.45, 2.75) is 18.9 Å². The Hall–Kier alpha value is -0.580. The van der Waals surface area contributed by atoms with Gasteiger partial charge in [0.05, 0.1) is 9.13 Å². The zero-order chi connectivity index (χ0) is 14.2. The number of rotatable bonds is 2. The number of nitrogens with zero attached hydrogens (tertiary/aromatic N) is 1. The van der Waals surface area contributed by atoms with E-state index in [9.17, 15) is 14.7 Å². The van der Waals surface area contributed by atoms with Crippen molar-refractivity contribution in [1.82, 2.24) is 4.90 Å². The fourth-order valence-electron chi connectivity index (χ4n) is 2.15. The first-order valence-electron chi connectivity index (χ1n) is 5.63. The average Bonchev–Trinajstić information content (AvgIpc) is 2.82. The maximum Gasteiger partial charge on any atom is 0.326 e. The fourth-order valence-corrected chi connectivity index (χ4v) is 3.99. The van der Waals surface area contributed by atoms with Gasteiger partial charge in [0.25, 0.3) is 5.91 Å². The molecule has 2 rings (SSSR count). The minimum absolute atomic E-state index is 0.0814. The molecule has 0 aliphatic carbocycles. The minimum atomic E-state index is -0.995. The number of aliphatic carboxylic acids is 1. The second-order valence-corrected chi connectivity index (χ2v) is 6.69. The lowest BCUT2D eigenvalue weighted by atomic mass is 10.1. The number of phenols is 1. The van der Waals surface area contributed by atoms with Gasteiger partial charge >= 0.3 is 5.97 Å². The summed E-state index contributed by atoms with van der Waals surface area (Å²) in [5.74, 6) is -1.49. The van der Waals surface area contributed by atoms with E-state index >= 15 is 0 Å². The second kappa shape index (κ2) is 5.81. The van der Waals surface area contributed by atoms with Gasteiger partial charge in [0, 0.05) is 10.1 Å². The minimum Gasteiger partial charge on any atom is -0.506 e. The van der Waals surface area contributed by atoms with Crippen molar-refractivity contribution in [2.75, 3.05) is 6.54 Å². The molecule has 0 saturated carbocycles. The van der Waals surface area contributed by atoms with Gasteiger partial charge in [0.15, 0.2) is 0 Å². The number of hydrogen-bond acceptors (Lipinski definition) is 3. The summed E-state index contributed by atoms with van der Waals surface area (Å²) in [6, 6.07) is 2.55. The maximum absolute atomic E-state index is 12.4. The Balaban J connectivity index is 2.37. The Morgan fingerprint density at radius 3 is 2.63 bits per heavy atom. The molecule has 1 aromatic carbocycles. The van der Waals surface area contributed by atoms with Gasteiger partial charge in [-0.3, -0.25) is 4.79 Å². The van der Waals surface area contributed by atoms with E-state index in [-0.39, 0.29) is 11.3 Å². The van der Waals surface area contributed by atoms with E-state index in [1.54, 1.807) is 12.1 Å². The van der Waals surface area contributed by atoms with Crippen molar-refractivity contribution in [2.24, 2.45) is 0 Å². The molecular weight excluding hydrogens is 476 g/mol. The van der Waals surface area contributed by atoms with E-state index in [1.165, 1.54) is 4.90 Å². The van der Waals surface area contributed by atoms with Crippen molar-refractivity contribution in [3.8, 4) is 5.75 Å². The third-order valence-corrected chi connectivity index (χ3v) is 4.50. The van der Waals surface area contributed by atoms with Gasteiger partial charge < -0.3 is 15.1 Å². The molecule has 1 aliphatic heterocycles. The van der Waals surface area contributed by atoms with E-state index in [4.69, 9.17) is 5.11 Å². The van der Waals surface area contributed by atoms with Crippen LogP contribution in [-0.2, 0) is 4.79 Å². The SMILES string of the molecule is O=C(O)[C@@H]1CCCN1C(=O)c1cc(I)cc(I)c1O. The van der Waals surface area contributed by atoms with Gasteiger partial charge in [0.2, 0.25) is 0 Å². The first-order chi connectivity index (χ1) is 8.91. The number of carbonyl (C=O) groups is 2. The first-order valence-corrected chi connectivity index (χ1v) is 7.79. The number of amides is 1. The maximum atomic E-state index is 12.4. The number of phenolic OH excluding ortho intramolecular Hbond substituents is 1. The van der Waals surface area contributed by atoms with Crippen molar-refractivity contribution >= 4 is 57.1 Å². The summed E-state index contributed by atoms with van der Waals surface area (Å²) in [4.78, 5) is 24.8. The molecule has 1 fully saturated rings. The zero-order valence-electron chi connectivity index (χ0n) is 9.77. The van der Waals surface area contributed by atoms with E-state index in [0.29, 0.717) is 23.0 Å². The number of halogens is 2. The molecule has 0 unspecified atom stereocenters. The van der Waals surface area contributed by atoms with Crippen LogP contribution in [0.3, 0.4) is 0 Å². The standard InChI is InChI=1S/C12H11I2NO4/c13-6-4-7(10(16)8(14)5-6)11(17)15-3-1-2-9(15)12(18)19/h4-5,9,16H,1-3H2,(H,18,19)/t9-/m0/s1. The van der Waals surface area contributed by atoms with Crippen LogP contribution in [0.1, 0.15) is 23.2 Å². The lowest BCUT2D eigenvalue weighted by molar-refractivity contribution is -0.141. The molecule has 19 heavy (non-hydrogen) atoms. The Bertz CT molecular complexity index is 547. The normalized spacial score (nSPS) is 18.6. The first kappa shape index (κ1) is 14.8. The summed E-state index contributed by atoms with van der Waals surface area (Å²) in [6.45, 7) is 0.414. The van der Waals surface area contributed by atoms with Crippen LogP contribution < -0.4 is 0 Å². The number of carboxylic acid groups (broad SMARTS) is 1. The predicted molar refractivity (Wildman–Crippen MR) is 85.2 cm³/mol. The van der Waals surface area contributed by atoms with Crippen molar-refractivity contribution in [3.63, 3.8) is 0 Å². The highest BCUT2D eigenvalue weighted by Gasteiger charge is 2.35. The Morgan fingerprint density at radius 1 is 1.32 bits per heavy atom. The van der Waals surface area contributed by atoms with Crippen LogP contribution in [0.15, 0.2) is 12.1 Å². The highest BCUT2D eigenvalue weighted by atomic mass is 127. The number of aromatic hydroxyl groups is 1. The average molecular weight is 487 g/mol. The lowest BCUT2D eigenvalue weighted by Crippen LogP contribution is -2.40. The lowest BCUT2D eigenvalue weighted by Gasteiger charge is -2.22. The van der Waals surface area contributed by atoms with Gasteiger partial charge in [-0.2, -0.15) is 0 Å². The third kappa shape index (κ3) is 2.96. The summed E-state index contributed by atoms with van der Waals surface area (Å²) < 4.78 is 1.41. The molecule has 1 heterocycles. The molecule has 0 radical (unpaired) electrons. The summed E-state index contributed by atoms with van der Waals surface area (Å²) in [5, 5.41) is 19.1. The van der Waals surface area contributed by atoms with Crippen LogP contribution in [0.5, 0.6) is 5.75 Å². The summed E-state index contributed by atoms with van der Waals surface area (Å²) in [5.41, 5.74) is 0.171. The highest BCUT2D eigenvalue weighted by molar-refractivity contribution is 14.1. The Kier molecular flexibility index (Phi) is 4.54. The third-order valence-electron chi connectivity index (χ3n) is 3.06. The molecule has 0 bridgehead atoms. The monoisotopic (exact) mass is 487 g/mol. The fraction of sp³-hybridized carbons (Fsp3) is 0.333. The van der Waals surface area contributed by atoms with Crippen molar-refractivity contribution in [1.29, 1.82) is 0 Å². The van der Waals surface area contributed by atoms with Crippen LogP contribution in [0.2, 0.25) is 0 Å². The van der Waals surface area contributed by atoms with Crippen LogP contribution in [0.25, 0.3) is 0 Å². The molecule has 1 aromatic rings. The second-order valence-electron chi connectivity index (χ2n) is 4.28. The number of carbonyl (C=O) groups excluding carboxylic acids is 1. The number of likely N-dealkylation sites (tertiary alicyclic amines) is 1. The van der Waals surface area contributed by atoms with Crippen LogP contribution in [0, 0.1) is 7.14 Å². The van der Waals surface area contributed by atoms with Crippen molar-refractivity contribution < 1.29 is 19.8 Å². The Morgan fingerprint density at radius 2 is 2.00 bits per heavy atom. The van der Waals surface area contributed by atoms with E-state index in [1.807, 2.05) is 22.6 Å². The van der Waals surface area contributed by atoms with Crippen molar-refractivity contribution in [3.05, 3.63) is 24.8 Å². The van der Waals surface area contributed by atoms with Gasteiger partial charge in [-0.05, 0) is 70.2 Å². The molecular formula is C12H11I2NO4. The van der Waals surface area contributed by atoms with Crippen LogP contribution in [-0.4, -0.2) is 39.6 Å². The smallest absolute Gasteiger partial charge is 0.326 e. The quantitative estimate of drug-likeness (QED) is 0.629. The van der Waals surface area contributed by atoms with Gasteiger partial charge in [0.1, 0.15) is 11.8 Å². The summed E-state index contributed by atoms with van der Waals surface area (Å²) in [7, 11) is 0. The topological polar surface area (TPSA) is 77.8 Å². The molecule has 7 heteroatoms. The number of benzene rings is 1. The number of carboxylic acids is 1. The zero-order valence-corrected chi connectivity index (χ0v) is 14.1. The van der Waals surface area contributed by atoms with Crippen LogP contribution in [0.4, 0.5) is 0 Å². The molecule has 1 atom stereocenters. The predicted octanol–water partition coefficient (Wildman–Crippen LogP) is 2.29. The van der Waals surface area contributed by atoms with Gasteiger partial charge in [-0.1, -0.05) is 0 Å². The van der Waals surface area contributed by atoms with E-state index in [0.717, 1.165) is 3.57 Å². The van der Waals surface area contributed by atoms with Gasteiger partial charge in [-0.25, -0.2) is 4.79 Å². The summed E-state index contributed by atoms with van der Waals surface area (Å²) in [6.07, 6.45) is 1.13. The van der Waals surface area contributed by atoms with E-state index in [2.05, 4.69) is 22.6 Å². The van der Waals surface area contributed by atoms with Gasteiger partial charge in [-0.15, -0.1) is 0 Å². The Labute approximate surface area is 137 Å². The van der Waals surface area contributed by atoms with E-state index < -0.39 is 17.9 Å². The molecule has 1 saturated heterocycles. The number of hydrogen-bond donors (Lipinski definition) is 2. The molecule has 0 aromatic heterocycles. The largest absolute Gasteiger partial charge is 0.506 e. The molecule has 5 nitrogen and oxygen atoms in total. The summed E-state index contributed by atoms with van der Waals surface area (Å²) >= 11 is 4.01. The highest BCUT2D eigenvalue weighted by Crippen LogP contribution is 2.30. The molecule has 1 aliphatic rings. The molecule has 102 valence electrons. The molecule has 0 spiro atoms.